The molecule has 3 aromatic rings. The lowest BCUT2D eigenvalue weighted by atomic mass is 9.85. The molecular weight excluding hydrogens is 354 g/mol. The highest BCUT2D eigenvalue weighted by atomic mass is 32.1. The predicted octanol–water partition coefficient (Wildman–Crippen LogP) is 4.66. The first-order valence-electron chi connectivity index (χ1n) is 9.91. The van der Waals surface area contributed by atoms with Crippen molar-refractivity contribution >= 4 is 21.6 Å². The second-order valence-electron chi connectivity index (χ2n) is 7.68. The number of thiazole rings is 1. The Morgan fingerprint density at radius 3 is 2.89 bits per heavy atom. The summed E-state index contributed by atoms with van der Waals surface area (Å²) >= 11 is 1.59. The number of benzene rings is 2. The van der Waals surface area contributed by atoms with Crippen molar-refractivity contribution in [1.29, 1.82) is 0 Å². The smallest absolute Gasteiger partial charge is 0.279 e. The van der Waals surface area contributed by atoms with Crippen molar-refractivity contribution in [2.24, 2.45) is 5.92 Å². The highest BCUT2D eigenvalue weighted by Crippen LogP contribution is 2.31. The average Bonchev–Trinajstić information content (AvgIpc) is 3.12. The number of nitrogens with zero attached hydrogens (tertiary/aromatic N) is 2. The molecule has 2 fully saturated rings. The number of aromatic nitrogens is 1. The van der Waals surface area contributed by atoms with E-state index in [0.29, 0.717) is 5.19 Å². The zero-order valence-corrected chi connectivity index (χ0v) is 16.3. The Kier molecular flexibility index (Phi) is 4.82. The Hall–Kier alpha value is -1.95. The lowest BCUT2D eigenvalue weighted by Crippen LogP contribution is -2.51. The van der Waals surface area contributed by atoms with Gasteiger partial charge in [0.25, 0.3) is 5.19 Å². The fourth-order valence-electron chi connectivity index (χ4n) is 4.38. The van der Waals surface area contributed by atoms with Crippen LogP contribution in [0.5, 0.6) is 10.9 Å². The zero-order valence-electron chi connectivity index (χ0n) is 15.4. The van der Waals surface area contributed by atoms with Gasteiger partial charge in [-0.15, -0.1) is 0 Å². The van der Waals surface area contributed by atoms with E-state index in [9.17, 15) is 0 Å². The van der Waals surface area contributed by atoms with Crippen LogP contribution in [0.15, 0.2) is 48.5 Å². The molecule has 5 heteroatoms. The van der Waals surface area contributed by atoms with E-state index >= 15 is 0 Å². The Morgan fingerprint density at radius 2 is 2.00 bits per heavy atom. The van der Waals surface area contributed by atoms with Crippen LogP contribution in [0.1, 0.15) is 24.8 Å². The molecule has 4 nitrogen and oxygen atoms in total. The number of ether oxygens (including phenoxy) is 1. The number of likely N-dealkylation sites (tertiary alicyclic amines) is 1. The van der Waals surface area contributed by atoms with E-state index in [1.54, 1.807) is 11.3 Å². The molecule has 5 rings (SSSR count). The van der Waals surface area contributed by atoms with Crippen LogP contribution in [0, 0.1) is 5.92 Å². The Balaban J connectivity index is 1.21. The maximum absolute atomic E-state index is 5.96. The van der Waals surface area contributed by atoms with Crippen molar-refractivity contribution < 1.29 is 4.74 Å². The molecule has 1 aromatic heterocycles. The molecule has 0 saturated carbocycles. The summed E-state index contributed by atoms with van der Waals surface area (Å²) in [5.41, 5.74) is 2.35. The molecule has 0 aliphatic carbocycles. The highest BCUT2D eigenvalue weighted by Gasteiger charge is 2.30. The van der Waals surface area contributed by atoms with Crippen LogP contribution in [-0.2, 0) is 6.54 Å². The van der Waals surface area contributed by atoms with Crippen molar-refractivity contribution in [1.82, 2.24) is 15.2 Å². The fraction of sp³-hybridized carbons (Fsp3) is 0.409. The van der Waals surface area contributed by atoms with E-state index < -0.39 is 0 Å². The predicted molar refractivity (Wildman–Crippen MR) is 111 cm³/mol. The molecule has 2 saturated heterocycles. The third-order valence-corrected chi connectivity index (χ3v) is 6.70. The second kappa shape index (κ2) is 7.58. The SMILES string of the molecule is c1ccc2sc(Oc3ccc(CN4CC[C@H]5NCCC[C@@H]5C4)cc3)nc2c1. The third kappa shape index (κ3) is 3.86. The number of rotatable bonds is 4. The molecule has 0 radical (unpaired) electrons. The second-order valence-corrected chi connectivity index (χ2v) is 8.67. The normalized spacial score (nSPS) is 23.3. The molecule has 0 spiro atoms. The van der Waals surface area contributed by atoms with Gasteiger partial charge in [0.2, 0.25) is 0 Å². The van der Waals surface area contributed by atoms with E-state index in [1.807, 2.05) is 18.2 Å². The van der Waals surface area contributed by atoms with E-state index in [4.69, 9.17) is 4.74 Å². The van der Waals surface area contributed by atoms with Gasteiger partial charge in [-0.05, 0) is 68.1 Å². The molecule has 0 bridgehead atoms. The lowest BCUT2D eigenvalue weighted by molar-refractivity contribution is 0.109. The standard InChI is InChI=1S/C22H25N3OS/c1-2-6-21-20(5-1)24-22(27-21)26-18-9-7-16(8-10-18)14-25-13-11-19-17(15-25)4-3-12-23-19/h1-2,5-10,17,19,23H,3-4,11-15H2/t17-,19-/m1/s1. The largest absolute Gasteiger partial charge is 0.431 e. The van der Waals surface area contributed by atoms with Crippen LogP contribution >= 0.6 is 11.3 Å². The van der Waals surface area contributed by atoms with Gasteiger partial charge in [0.05, 0.1) is 10.2 Å². The summed E-state index contributed by atoms with van der Waals surface area (Å²) in [6.45, 7) is 4.65. The first-order chi connectivity index (χ1) is 13.3. The number of hydrogen-bond donors (Lipinski definition) is 1. The van der Waals surface area contributed by atoms with Gasteiger partial charge in [0.1, 0.15) is 5.75 Å². The number of para-hydroxylation sites is 1. The molecule has 140 valence electrons. The Bertz CT molecular complexity index is 874. The lowest BCUT2D eigenvalue weighted by Gasteiger charge is -2.41. The van der Waals surface area contributed by atoms with E-state index in [2.05, 4.69) is 45.5 Å². The van der Waals surface area contributed by atoms with Gasteiger partial charge >= 0.3 is 0 Å². The van der Waals surface area contributed by atoms with Crippen molar-refractivity contribution in [3.8, 4) is 10.9 Å². The van der Waals surface area contributed by atoms with Crippen LogP contribution in [0.3, 0.4) is 0 Å². The monoisotopic (exact) mass is 379 g/mol. The van der Waals surface area contributed by atoms with E-state index in [-0.39, 0.29) is 0 Å². The number of hydrogen-bond acceptors (Lipinski definition) is 5. The molecule has 2 aromatic carbocycles. The molecule has 2 atom stereocenters. The van der Waals surface area contributed by atoms with E-state index in [1.165, 1.54) is 44.5 Å². The minimum absolute atomic E-state index is 0.704. The first-order valence-corrected chi connectivity index (χ1v) is 10.7. The summed E-state index contributed by atoms with van der Waals surface area (Å²) < 4.78 is 7.12. The molecule has 0 unspecified atom stereocenters. The van der Waals surface area contributed by atoms with Crippen molar-refractivity contribution in [3.05, 3.63) is 54.1 Å². The maximum atomic E-state index is 5.96. The molecule has 0 amide bonds. The minimum atomic E-state index is 0.704. The summed E-state index contributed by atoms with van der Waals surface area (Å²) in [4.78, 5) is 7.15. The number of nitrogens with one attached hydrogen (secondary N) is 1. The van der Waals surface area contributed by atoms with Gasteiger partial charge < -0.3 is 10.1 Å². The molecule has 27 heavy (non-hydrogen) atoms. The Labute approximate surface area is 164 Å². The number of fused-ring (bicyclic) bond motifs is 2. The zero-order chi connectivity index (χ0) is 18.1. The minimum Gasteiger partial charge on any atom is -0.431 e. The first kappa shape index (κ1) is 17.2. The quantitative estimate of drug-likeness (QED) is 0.715. The topological polar surface area (TPSA) is 37.4 Å². The summed E-state index contributed by atoms with van der Waals surface area (Å²) in [7, 11) is 0. The molecule has 1 N–H and O–H groups in total. The summed E-state index contributed by atoms with van der Waals surface area (Å²) in [6.07, 6.45) is 3.99. The Morgan fingerprint density at radius 1 is 1.11 bits per heavy atom. The maximum Gasteiger partial charge on any atom is 0.279 e. The van der Waals surface area contributed by atoms with E-state index in [0.717, 1.165) is 34.5 Å². The van der Waals surface area contributed by atoms with Gasteiger partial charge in [-0.2, -0.15) is 0 Å². The highest BCUT2D eigenvalue weighted by molar-refractivity contribution is 7.20. The van der Waals surface area contributed by atoms with Crippen LogP contribution in [0.4, 0.5) is 0 Å². The third-order valence-electron chi connectivity index (χ3n) is 5.79. The van der Waals surface area contributed by atoms with Crippen LogP contribution in [-0.4, -0.2) is 35.6 Å². The van der Waals surface area contributed by atoms with Gasteiger partial charge in [-0.25, -0.2) is 4.98 Å². The molecule has 2 aliphatic rings. The van der Waals surface area contributed by atoms with Gasteiger partial charge in [-0.1, -0.05) is 35.6 Å². The summed E-state index contributed by atoms with van der Waals surface area (Å²) in [5.74, 6) is 1.68. The van der Waals surface area contributed by atoms with Gasteiger partial charge in [0, 0.05) is 19.1 Å². The van der Waals surface area contributed by atoms with Crippen LogP contribution < -0.4 is 10.1 Å². The van der Waals surface area contributed by atoms with Crippen LogP contribution in [0.2, 0.25) is 0 Å². The molecule has 3 heterocycles. The number of piperidine rings is 2. The fourth-order valence-corrected chi connectivity index (χ4v) is 5.22. The molecule has 2 aliphatic heterocycles. The average molecular weight is 380 g/mol. The molecular formula is C22H25N3OS. The van der Waals surface area contributed by atoms with Crippen molar-refractivity contribution in [3.63, 3.8) is 0 Å². The summed E-state index contributed by atoms with van der Waals surface area (Å²) in [5, 5.41) is 4.40. The van der Waals surface area contributed by atoms with Gasteiger partial charge in [-0.3, -0.25) is 4.90 Å². The van der Waals surface area contributed by atoms with Crippen molar-refractivity contribution in [2.75, 3.05) is 19.6 Å². The summed E-state index contributed by atoms with van der Waals surface area (Å²) in [6, 6.07) is 17.4. The van der Waals surface area contributed by atoms with Gasteiger partial charge in [0.15, 0.2) is 0 Å². The van der Waals surface area contributed by atoms with Crippen molar-refractivity contribution in [2.45, 2.75) is 31.8 Å². The van der Waals surface area contributed by atoms with Crippen LogP contribution in [0.25, 0.3) is 10.2 Å².